The second kappa shape index (κ2) is 8.41. The van der Waals surface area contributed by atoms with Crippen molar-refractivity contribution in [2.45, 2.75) is 18.9 Å². The standard InChI is InChI=1S/C18H15F6NO3/c1-27-14-4-2-3-11(5-14)9-25-16(26)10-28-15-7-12(17(19,20)21)6-13(8-15)18(22,23)24/h2-8H,9-10H2,1H3,(H,25,26). The van der Waals surface area contributed by atoms with Crippen LogP contribution < -0.4 is 14.8 Å². The summed E-state index contributed by atoms with van der Waals surface area (Å²) in [6, 6.07) is 7.54. The van der Waals surface area contributed by atoms with Gasteiger partial charge in [0, 0.05) is 6.54 Å². The van der Waals surface area contributed by atoms with Gasteiger partial charge in [-0.25, -0.2) is 0 Å². The molecule has 0 fully saturated rings. The number of alkyl halides is 6. The van der Waals surface area contributed by atoms with Crippen LogP contribution in [-0.2, 0) is 23.7 Å². The first kappa shape index (κ1) is 21.4. The van der Waals surface area contributed by atoms with Gasteiger partial charge >= 0.3 is 12.4 Å². The third-order valence-corrected chi connectivity index (χ3v) is 3.55. The first-order valence-electron chi connectivity index (χ1n) is 7.81. The van der Waals surface area contributed by atoms with Crippen molar-refractivity contribution in [3.8, 4) is 11.5 Å². The first-order valence-corrected chi connectivity index (χ1v) is 7.81. The molecule has 2 rings (SSSR count). The molecular formula is C18H15F6NO3. The van der Waals surface area contributed by atoms with Crippen molar-refractivity contribution >= 4 is 5.91 Å². The van der Waals surface area contributed by atoms with Crippen molar-refractivity contribution in [3.63, 3.8) is 0 Å². The molecule has 0 saturated heterocycles. The van der Waals surface area contributed by atoms with Crippen LogP contribution in [0.25, 0.3) is 0 Å². The number of rotatable bonds is 6. The Morgan fingerprint density at radius 1 is 0.929 bits per heavy atom. The molecular weight excluding hydrogens is 392 g/mol. The molecule has 2 aromatic rings. The predicted octanol–water partition coefficient (Wildman–Crippen LogP) is 4.43. The Morgan fingerprint density at radius 3 is 2.07 bits per heavy atom. The maximum atomic E-state index is 12.8. The van der Waals surface area contributed by atoms with Gasteiger partial charge in [0.1, 0.15) is 11.5 Å². The van der Waals surface area contributed by atoms with Crippen LogP contribution in [0.4, 0.5) is 26.3 Å². The molecule has 1 N–H and O–H groups in total. The lowest BCUT2D eigenvalue weighted by atomic mass is 10.1. The molecule has 0 saturated carbocycles. The third kappa shape index (κ3) is 6.07. The Hall–Kier alpha value is -2.91. The highest BCUT2D eigenvalue weighted by atomic mass is 19.4. The molecule has 152 valence electrons. The number of carbonyl (C=O) groups is 1. The van der Waals surface area contributed by atoms with E-state index in [9.17, 15) is 31.1 Å². The maximum Gasteiger partial charge on any atom is 0.416 e. The molecule has 4 nitrogen and oxygen atoms in total. The monoisotopic (exact) mass is 407 g/mol. The van der Waals surface area contributed by atoms with Crippen LogP contribution >= 0.6 is 0 Å². The average Bonchev–Trinajstić information content (AvgIpc) is 2.63. The van der Waals surface area contributed by atoms with Crippen molar-refractivity contribution in [3.05, 3.63) is 59.2 Å². The van der Waals surface area contributed by atoms with Crippen LogP contribution in [0.3, 0.4) is 0 Å². The molecule has 1 amide bonds. The molecule has 10 heteroatoms. The summed E-state index contributed by atoms with van der Waals surface area (Å²) in [5.74, 6) is -0.862. The molecule has 2 aromatic carbocycles. The topological polar surface area (TPSA) is 47.6 Å². The van der Waals surface area contributed by atoms with Crippen molar-refractivity contribution in [2.24, 2.45) is 0 Å². The van der Waals surface area contributed by atoms with Crippen LogP contribution in [0.15, 0.2) is 42.5 Å². The number of halogens is 6. The van der Waals surface area contributed by atoms with Crippen molar-refractivity contribution in [1.29, 1.82) is 0 Å². The summed E-state index contributed by atoms with van der Waals surface area (Å²) in [6.07, 6.45) is -9.98. The highest BCUT2D eigenvalue weighted by Gasteiger charge is 2.37. The highest BCUT2D eigenvalue weighted by Crippen LogP contribution is 2.38. The fourth-order valence-corrected chi connectivity index (χ4v) is 2.19. The Morgan fingerprint density at radius 2 is 1.54 bits per heavy atom. The van der Waals surface area contributed by atoms with Crippen molar-refractivity contribution in [2.75, 3.05) is 13.7 Å². The molecule has 0 aliphatic heterocycles. The SMILES string of the molecule is COc1cccc(CNC(=O)COc2cc(C(F)(F)F)cc(C(F)(F)F)c2)c1. The van der Waals surface area contributed by atoms with E-state index in [2.05, 4.69) is 5.32 Å². The smallest absolute Gasteiger partial charge is 0.416 e. The normalized spacial score (nSPS) is 11.8. The zero-order valence-corrected chi connectivity index (χ0v) is 14.4. The number of ether oxygens (including phenoxy) is 2. The number of methoxy groups -OCH3 is 1. The summed E-state index contributed by atoms with van der Waals surface area (Å²) >= 11 is 0. The fourth-order valence-electron chi connectivity index (χ4n) is 2.19. The van der Waals surface area contributed by atoms with Gasteiger partial charge in [0.2, 0.25) is 0 Å². The van der Waals surface area contributed by atoms with Gasteiger partial charge in [-0.15, -0.1) is 0 Å². The molecule has 0 aliphatic carbocycles. The molecule has 0 atom stereocenters. The van der Waals surface area contributed by atoms with Gasteiger partial charge in [-0.3, -0.25) is 4.79 Å². The Bertz CT molecular complexity index is 801. The van der Waals surface area contributed by atoms with Gasteiger partial charge in [-0.1, -0.05) is 12.1 Å². The summed E-state index contributed by atoms with van der Waals surface area (Å²) in [6.45, 7) is -0.668. The molecule has 0 bridgehead atoms. The van der Waals surface area contributed by atoms with E-state index in [4.69, 9.17) is 9.47 Å². The van der Waals surface area contributed by atoms with Crippen LogP contribution in [-0.4, -0.2) is 19.6 Å². The third-order valence-electron chi connectivity index (χ3n) is 3.55. The van der Waals surface area contributed by atoms with E-state index in [0.717, 1.165) is 0 Å². The van der Waals surface area contributed by atoms with E-state index in [-0.39, 0.29) is 12.6 Å². The zero-order chi connectivity index (χ0) is 20.9. The second-order valence-corrected chi connectivity index (χ2v) is 5.66. The van der Waals surface area contributed by atoms with Crippen LogP contribution in [0.1, 0.15) is 16.7 Å². The van der Waals surface area contributed by atoms with Crippen molar-refractivity contribution < 1.29 is 40.6 Å². The average molecular weight is 407 g/mol. The molecule has 0 unspecified atom stereocenters. The van der Waals surface area contributed by atoms with Gasteiger partial charge in [0.05, 0.1) is 18.2 Å². The molecule has 0 aliphatic rings. The molecule has 0 radical (unpaired) electrons. The molecule has 28 heavy (non-hydrogen) atoms. The summed E-state index contributed by atoms with van der Waals surface area (Å²) in [7, 11) is 1.47. The van der Waals surface area contributed by atoms with Crippen LogP contribution in [0, 0.1) is 0 Å². The lowest BCUT2D eigenvalue weighted by molar-refractivity contribution is -0.143. The Labute approximate surface area is 156 Å². The maximum absolute atomic E-state index is 12.8. The molecule has 0 spiro atoms. The number of hydrogen-bond acceptors (Lipinski definition) is 3. The van der Waals surface area contributed by atoms with E-state index in [0.29, 0.717) is 23.4 Å². The van der Waals surface area contributed by atoms with E-state index in [1.165, 1.54) is 7.11 Å². The number of benzene rings is 2. The van der Waals surface area contributed by atoms with Gasteiger partial charge < -0.3 is 14.8 Å². The second-order valence-electron chi connectivity index (χ2n) is 5.66. The minimum Gasteiger partial charge on any atom is -0.497 e. The quantitative estimate of drug-likeness (QED) is 0.721. The van der Waals surface area contributed by atoms with Gasteiger partial charge in [-0.05, 0) is 35.9 Å². The van der Waals surface area contributed by atoms with E-state index >= 15 is 0 Å². The van der Waals surface area contributed by atoms with Gasteiger partial charge in [0.25, 0.3) is 5.91 Å². The minimum atomic E-state index is -4.99. The lowest BCUT2D eigenvalue weighted by Gasteiger charge is -2.15. The zero-order valence-electron chi connectivity index (χ0n) is 14.4. The van der Waals surface area contributed by atoms with E-state index in [1.807, 2.05) is 0 Å². The summed E-state index contributed by atoms with van der Waals surface area (Å²) in [5, 5.41) is 2.45. The Balaban J connectivity index is 2.03. The van der Waals surface area contributed by atoms with Gasteiger partial charge in [-0.2, -0.15) is 26.3 Å². The first-order chi connectivity index (χ1) is 13.0. The molecule has 0 heterocycles. The predicted molar refractivity (Wildman–Crippen MR) is 86.8 cm³/mol. The van der Waals surface area contributed by atoms with Gasteiger partial charge in [0.15, 0.2) is 6.61 Å². The van der Waals surface area contributed by atoms with E-state index in [1.54, 1.807) is 24.3 Å². The minimum absolute atomic E-state index is 0.0181. The summed E-state index contributed by atoms with van der Waals surface area (Å²) in [5.41, 5.74) is -2.35. The largest absolute Gasteiger partial charge is 0.497 e. The Kier molecular flexibility index (Phi) is 6.42. The highest BCUT2D eigenvalue weighted by molar-refractivity contribution is 5.77. The lowest BCUT2D eigenvalue weighted by Crippen LogP contribution is -2.28. The van der Waals surface area contributed by atoms with Crippen molar-refractivity contribution in [1.82, 2.24) is 5.32 Å². The van der Waals surface area contributed by atoms with Crippen LogP contribution in [0.2, 0.25) is 0 Å². The number of hydrogen-bond donors (Lipinski definition) is 1. The van der Waals surface area contributed by atoms with E-state index < -0.39 is 41.7 Å². The summed E-state index contributed by atoms with van der Waals surface area (Å²) < 4.78 is 86.6. The van der Waals surface area contributed by atoms with Crippen LogP contribution in [0.5, 0.6) is 11.5 Å². The number of amides is 1. The number of nitrogens with one attached hydrogen (secondary N) is 1. The summed E-state index contributed by atoms with van der Waals surface area (Å²) in [4.78, 5) is 11.8. The number of carbonyl (C=O) groups excluding carboxylic acids is 1. The fraction of sp³-hybridized carbons (Fsp3) is 0.278. The molecule has 0 aromatic heterocycles.